The highest BCUT2D eigenvalue weighted by atomic mass is 16.5. The lowest BCUT2D eigenvalue weighted by Crippen LogP contribution is -2.54. The quantitative estimate of drug-likeness (QED) is 0.322. The summed E-state index contributed by atoms with van der Waals surface area (Å²) in [5.41, 5.74) is 0.478. The molecule has 1 aromatic carbocycles. The van der Waals surface area contributed by atoms with Crippen molar-refractivity contribution in [3.8, 4) is 5.75 Å². The highest BCUT2D eigenvalue weighted by Crippen LogP contribution is 2.31. The van der Waals surface area contributed by atoms with Crippen LogP contribution in [0, 0.1) is 0 Å². The standard InChI is InChI=1S/C27H35N3O7/c31-23-11-10-22(25(34)28-23)30-26(35)20-9-8-19(17-21(20)27(30)36)37-18-12-15-29(16-13-18)14-6-4-2-1-3-5-7-24(32)33/h8-9,17-18,22H,1-7,10-16H2,(H,32,33)(H,28,31,34). The molecule has 200 valence electrons. The zero-order valence-electron chi connectivity index (χ0n) is 21.1. The first kappa shape index (κ1) is 26.8. The number of imide groups is 2. The molecule has 3 aliphatic rings. The second-order valence-electron chi connectivity index (χ2n) is 10.1. The van der Waals surface area contributed by atoms with E-state index in [-0.39, 0.29) is 36.5 Å². The Morgan fingerprint density at radius 3 is 2.30 bits per heavy atom. The van der Waals surface area contributed by atoms with Crippen molar-refractivity contribution in [3.63, 3.8) is 0 Å². The SMILES string of the molecule is O=C(O)CCCCCCCCN1CCC(Oc2ccc3c(c2)C(=O)N(C2CCC(=O)NC2=O)C3=O)CC1. The summed E-state index contributed by atoms with van der Waals surface area (Å²) >= 11 is 0. The molecule has 1 unspecified atom stereocenters. The zero-order valence-corrected chi connectivity index (χ0v) is 21.1. The summed E-state index contributed by atoms with van der Waals surface area (Å²) in [6.45, 7) is 2.93. The Balaban J connectivity index is 1.20. The Morgan fingerprint density at radius 1 is 0.919 bits per heavy atom. The summed E-state index contributed by atoms with van der Waals surface area (Å²) in [6.07, 6.45) is 8.51. The van der Waals surface area contributed by atoms with Crippen LogP contribution in [0.2, 0.25) is 0 Å². The highest BCUT2D eigenvalue weighted by Gasteiger charge is 2.44. The Bertz CT molecular complexity index is 1050. The highest BCUT2D eigenvalue weighted by molar-refractivity contribution is 6.23. The molecule has 1 atom stereocenters. The molecule has 0 bridgehead atoms. The summed E-state index contributed by atoms with van der Waals surface area (Å²) < 4.78 is 6.15. The normalized spacial score (nSPS) is 20.8. The van der Waals surface area contributed by atoms with E-state index < -0.39 is 35.6 Å². The molecule has 0 aliphatic carbocycles. The largest absolute Gasteiger partial charge is 0.490 e. The van der Waals surface area contributed by atoms with E-state index >= 15 is 0 Å². The lowest BCUT2D eigenvalue weighted by atomic mass is 10.0. The van der Waals surface area contributed by atoms with Crippen molar-refractivity contribution in [3.05, 3.63) is 29.3 Å². The van der Waals surface area contributed by atoms with Gasteiger partial charge in [-0.3, -0.25) is 34.2 Å². The van der Waals surface area contributed by atoms with E-state index in [2.05, 4.69) is 10.2 Å². The Hall–Kier alpha value is -3.27. The first-order valence-corrected chi connectivity index (χ1v) is 13.3. The van der Waals surface area contributed by atoms with Gasteiger partial charge in [0.05, 0.1) is 11.1 Å². The maximum Gasteiger partial charge on any atom is 0.303 e. The molecule has 10 heteroatoms. The molecule has 0 spiro atoms. The number of ether oxygens (including phenoxy) is 1. The van der Waals surface area contributed by atoms with E-state index in [0.717, 1.165) is 75.9 Å². The first-order chi connectivity index (χ1) is 17.8. The predicted octanol–water partition coefficient (Wildman–Crippen LogP) is 2.75. The molecule has 0 aromatic heterocycles. The molecule has 10 nitrogen and oxygen atoms in total. The third-order valence-corrected chi connectivity index (χ3v) is 7.36. The van der Waals surface area contributed by atoms with Crippen molar-refractivity contribution in [1.82, 2.24) is 15.1 Å². The van der Waals surface area contributed by atoms with Gasteiger partial charge in [0.1, 0.15) is 17.9 Å². The number of fused-ring (bicyclic) bond motifs is 1. The predicted molar refractivity (Wildman–Crippen MR) is 133 cm³/mol. The van der Waals surface area contributed by atoms with Crippen molar-refractivity contribution in [2.75, 3.05) is 19.6 Å². The van der Waals surface area contributed by atoms with Gasteiger partial charge in [-0.1, -0.05) is 25.7 Å². The fourth-order valence-electron chi connectivity index (χ4n) is 5.29. The van der Waals surface area contributed by atoms with Gasteiger partial charge >= 0.3 is 5.97 Å². The summed E-state index contributed by atoms with van der Waals surface area (Å²) in [7, 11) is 0. The minimum Gasteiger partial charge on any atom is -0.490 e. The molecular weight excluding hydrogens is 478 g/mol. The van der Waals surface area contributed by atoms with E-state index in [1.54, 1.807) is 18.2 Å². The van der Waals surface area contributed by atoms with Gasteiger partial charge in [-0.2, -0.15) is 0 Å². The number of amides is 4. The van der Waals surface area contributed by atoms with Gasteiger partial charge < -0.3 is 14.7 Å². The molecule has 37 heavy (non-hydrogen) atoms. The van der Waals surface area contributed by atoms with Crippen LogP contribution in [0.1, 0.15) is 91.3 Å². The molecule has 1 aromatic rings. The fourth-order valence-corrected chi connectivity index (χ4v) is 5.29. The maximum absolute atomic E-state index is 13.0. The zero-order chi connectivity index (χ0) is 26.4. The number of carboxylic acids is 1. The van der Waals surface area contributed by atoms with Gasteiger partial charge in [0.25, 0.3) is 11.8 Å². The second kappa shape index (κ2) is 12.3. The molecule has 2 saturated heterocycles. The van der Waals surface area contributed by atoms with Crippen molar-refractivity contribution >= 4 is 29.6 Å². The van der Waals surface area contributed by atoms with E-state index in [0.29, 0.717) is 5.75 Å². The van der Waals surface area contributed by atoms with Crippen LogP contribution in [-0.2, 0) is 14.4 Å². The molecule has 3 aliphatic heterocycles. The van der Waals surface area contributed by atoms with Gasteiger partial charge in [-0.05, 0) is 56.8 Å². The van der Waals surface area contributed by atoms with Crippen LogP contribution in [0.4, 0.5) is 0 Å². The van der Waals surface area contributed by atoms with E-state index in [1.165, 1.54) is 0 Å². The monoisotopic (exact) mass is 513 g/mol. The number of nitrogens with one attached hydrogen (secondary N) is 1. The fraction of sp³-hybridized carbons (Fsp3) is 0.593. The Labute approximate surface area is 216 Å². The number of carbonyl (C=O) groups excluding carboxylic acids is 4. The number of benzene rings is 1. The van der Waals surface area contributed by atoms with Crippen LogP contribution in [0.25, 0.3) is 0 Å². The van der Waals surface area contributed by atoms with Gasteiger partial charge in [-0.15, -0.1) is 0 Å². The van der Waals surface area contributed by atoms with Crippen LogP contribution < -0.4 is 10.1 Å². The van der Waals surface area contributed by atoms with Crippen LogP contribution in [0.3, 0.4) is 0 Å². The molecule has 0 radical (unpaired) electrons. The number of likely N-dealkylation sites (tertiary alicyclic amines) is 1. The average molecular weight is 514 g/mol. The third kappa shape index (κ3) is 6.74. The first-order valence-electron chi connectivity index (χ1n) is 13.3. The number of unbranched alkanes of at least 4 members (excludes halogenated alkanes) is 5. The lowest BCUT2D eigenvalue weighted by Gasteiger charge is -2.32. The van der Waals surface area contributed by atoms with Gasteiger partial charge in [0.2, 0.25) is 11.8 Å². The molecule has 4 amide bonds. The topological polar surface area (TPSA) is 133 Å². The van der Waals surface area contributed by atoms with Gasteiger partial charge in [-0.25, -0.2) is 0 Å². The van der Waals surface area contributed by atoms with Crippen LogP contribution in [0.15, 0.2) is 18.2 Å². The molecule has 3 heterocycles. The van der Waals surface area contributed by atoms with Crippen LogP contribution in [0.5, 0.6) is 5.75 Å². The minimum absolute atomic E-state index is 0.0296. The number of carboxylic acid groups (broad SMARTS) is 1. The van der Waals surface area contributed by atoms with Crippen LogP contribution in [-0.4, -0.2) is 76.3 Å². The third-order valence-electron chi connectivity index (χ3n) is 7.36. The molecule has 0 saturated carbocycles. The van der Waals surface area contributed by atoms with E-state index in [4.69, 9.17) is 9.84 Å². The summed E-state index contributed by atoms with van der Waals surface area (Å²) in [5.74, 6) is -2.25. The number of hydrogen-bond acceptors (Lipinski definition) is 7. The summed E-state index contributed by atoms with van der Waals surface area (Å²) in [6, 6.07) is 3.88. The Morgan fingerprint density at radius 2 is 1.59 bits per heavy atom. The van der Waals surface area contributed by atoms with Gasteiger partial charge in [0.15, 0.2) is 0 Å². The van der Waals surface area contributed by atoms with Crippen molar-refractivity contribution < 1.29 is 33.8 Å². The van der Waals surface area contributed by atoms with Crippen molar-refractivity contribution in [1.29, 1.82) is 0 Å². The van der Waals surface area contributed by atoms with Crippen molar-refractivity contribution in [2.45, 2.75) is 82.8 Å². The van der Waals surface area contributed by atoms with E-state index in [1.807, 2.05) is 0 Å². The molecular formula is C27H35N3O7. The number of rotatable bonds is 12. The molecule has 4 rings (SSSR count). The maximum atomic E-state index is 13.0. The van der Waals surface area contributed by atoms with Crippen LogP contribution >= 0.6 is 0 Å². The lowest BCUT2D eigenvalue weighted by molar-refractivity contribution is -0.138. The second-order valence-corrected chi connectivity index (χ2v) is 10.1. The average Bonchev–Trinajstić information content (AvgIpc) is 3.11. The smallest absolute Gasteiger partial charge is 0.303 e. The Kier molecular flexibility index (Phi) is 8.91. The number of hydrogen-bond donors (Lipinski definition) is 2. The molecule has 2 fully saturated rings. The number of aliphatic carboxylic acids is 1. The number of nitrogens with zero attached hydrogens (tertiary/aromatic N) is 2. The van der Waals surface area contributed by atoms with E-state index in [9.17, 15) is 24.0 Å². The number of carbonyl (C=O) groups is 5. The molecule has 2 N–H and O–H groups in total. The number of piperidine rings is 2. The summed E-state index contributed by atoms with van der Waals surface area (Å²) in [5, 5.41) is 10.9. The van der Waals surface area contributed by atoms with Gasteiger partial charge in [0, 0.05) is 25.9 Å². The van der Waals surface area contributed by atoms with Crippen molar-refractivity contribution in [2.24, 2.45) is 0 Å². The minimum atomic E-state index is -0.976. The summed E-state index contributed by atoms with van der Waals surface area (Å²) in [4.78, 5) is 63.4.